The predicted molar refractivity (Wildman–Crippen MR) is 98.7 cm³/mol. The van der Waals surface area contributed by atoms with Gasteiger partial charge in [-0.3, -0.25) is 9.59 Å². The number of Topliss-reactive ketones (excluding diaryl/α,β-unsaturated/α-hetero) is 1. The van der Waals surface area contributed by atoms with E-state index in [1.807, 2.05) is 32.0 Å². The van der Waals surface area contributed by atoms with E-state index in [0.717, 1.165) is 11.1 Å². The number of aryl methyl sites for hydroxylation is 2. The van der Waals surface area contributed by atoms with Crippen molar-refractivity contribution < 1.29 is 47.4 Å². The first-order chi connectivity index (χ1) is 11.8. The Kier molecular flexibility index (Phi) is 8.81. The number of amides is 1. The van der Waals surface area contributed by atoms with Crippen LogP contribution in [0.25, 0.3) is 0 Å². The third kappa shape index (κ3) is 6.42. The monoisotopic (exact) mass is 427 g/mol. The summed E-state index contributed by atoms with van der Waals surface area (Å²) < 4.78 is 0. The first-order valence-electron chi connectivity index (χ1n) is 8.46. The van der Waals surface area contributed by atoms with Gasteiger partial charge in [0, 0.05) is 44.7 Å². The Morgan fingerprint density at radius 3 is 2.35 bits per heavy atom. The minimum atomic E-state index is -1.48. The second-order valence-corrected chi connectivity index (χ2v) is 6.46. The van der Waals surface area contributed by atoms with Crippen LogP contribution in [0, 0.1) is 13.0 Å². The first kappa shape index (κ1) is 22.7. The molecule has 4 nitrogen and oxygen atoms in total. The van der Waals surface area contributed by atoms with Crippen LogP contribution in [0.2, 0.25) is 0 Å². The molecule has 0 aromatic heterocycles. The third-order valence-corrected chi connectivity index (χ3v) is 4.21. The molecular formula is C21H24NO3Y-. The molecule has 2 rings (SSSR count). The van der Waals surface area contributed by atoms with Crippen LogP contribution >= 0.6 is 0 Å². The number of anilines is 1. The Morgan fingerprint density at radius 2 is 1.81 bits per heavy atom. The summed E-state index contributed by atoms with van der Waals surface area (Å²) in [5.74, 6) is -0.338. The number of rotatable bonds is 7. The zero-order valence-corrected chi connectivity index (χ0v) is 18.3. The van der Waals surface area contributed by atoms with Crippen LogP contribution in [0.15, 0.2) is 42.5 Å². The number of aliphatic hydroxyl groups is 1. The molecule has 2 N–H and O–H groups in total. The molecule has 0 saturated carbocycles. The van der Waals surface area contributed by atoms with E-state index < -0.39 is 11.5 Å². The second kappa shape index (κ2) is 10.1. The summed E-state index contributed by atoms with van der Waals surface area (Å²) in [6, 6.07) is 15.6. The van der Waals surface area contributed by atoms with Gasteiger partial charge in [0.05, 0.1) is 0 Å². The van der Waals surface area contributed by atoms with Crippen LogP contribution in [0.4, 0.5) is 5.69 Å². The molecule has 1 atom stereocenters. The van der Waals surface area contributed by atoms with Crippen LogP contribution in [0.5, 0.6) is 0 Å². The molecule has 0 aliphatic carbocycles. The molecule has 0 aliphatic rings. The van der Waals surface area contributed by atoms with Gasteiger partial charge in [-0.05, 0) is 25.3 Å². The van der Waals surface area contributed by atoms with Crippen molar-refractivity contribution in [2.45, 2.75) is 45.6 Å². The molecule has 1 amide bonds. The number of hydrogen-bond acceptors (Lipinski definition) is 3. The summed E-state index contributed by atoms with van der Waals surface area (Å²) in [5, 5.41) is 13.2. The van der Waals surface area contributed by atoms with Crippen molar-refractivity contribution in [1.82, 2.24) is 0 Å². The SMILES string of the molecule is CCC(=O)c1ccc(CC[C@](C)(O)C(=O)Nc2c[c-]c(C)cc2)cc1.[Y]. The van der Waals surface area contributed by atoms with Crippen molar-refractivity contribution in [2.24, 2.45) is 0 Å². The summed E-state index contributed by atoms with van der Waals surface area (Å²) in [4.78, 5) is 23.9. The largest absolute Gasteiger partial charge is 0.380 e. The maximum atomic E-state index is 12.3. The fourth-order valence-corrected chi connectivity index (χ4v) is 2.41. The van der Waals surface area contributed by atoms with Crippen molar-refractivity contribution >= 4 is 17.4 Å². The molecule has 1 radical (unpaired) electrons. The fraction of sp³-hybridized carbons (Fsp3) is 0.333. The number of benzene rings is 2. The molecule has 2 aromatic carbocycles. The van der Waals surface area contributed by atoms with Gasteiger partial charge in [0.15, 0.2) is 5.78 Å². The minimum absolute atomic E-state index is 0. The Hall–Kier alpha value is -1.36. The number of nitrogens with one attached hydrogen (secondary N) is 1. The van der Waals surface area contributed by atoms with Gasteiger partial charge < -0.3 is 10.4 Å². The van der Waals surface area contributed by atoms with Crippen molar-refractivity contribution in [2.75, 3.05) is 5.32 Å². The summed E-state index contributed by atoms with van der Waals surface area (Å²) in [6.07, 6.45) is 1.31. The molecule has 5 heteroatoms. The van der Waals surface area contributed by atoms with Crippen molar-refractivity contribution in [3.63, 3.8) is 0 Å². The van der Waals surface area contributed by atoms with E-state index in [9.17, 15) is 14.7 Å². The van der Waals surface area contributed by atoms with Crippen molar-refractivity contribution in [3.8, 4) is 0 Å². The van der Waals surface area contributed by atoms with E-state index >= 15 is 0 Å². The number of carbonyl (C=O) groups excluding carboxylic acids is 2. The molecule has 0 unspecified atom stereocenters. The van der Waals surface area contributed by atoms with Crippen molar-refractivity contribution in [1.29, 1.82) is 0 Å². The van der Waals surface area contributed by atoms with E-state index in [2.05, 4.69) is 11.4 Å². The van der Waals surface area contributed by atoms with Gasteiger partial charge in [-0.2, -0.15) is 23.8 Å². The quantitative estimate of drug-likeness (QED) is 0.523. The zero-order chi connectivity index (χ0) is 18.4. The Morgan fingerprint density at radius 1 is 1.15 bits per heavy atom. The van der Waals surface area contributed by atoms with Crippen LogP contribution in [0.1, 0.15) is 48.2 Å². The van der Waals surface area contributed by atoms with E-state index in [1.54, 1.807) is 24.3 Å². The normalized spacial score (nSPS) is 12.6. The topological polar surface area (TPSA) is 66.4 Å². The number of hydrogen-bond donors (Lipinski definition) is 2. The molecule has 26 heavy (non-hydrogen) atoms. The molecular weight excluding hydrogens is 403 g/mol. The van der Waals surface area contributed by atoms with Crippen LogP contribution in [-0.4, -0.2) is 22.4 Å². The molecule has 0 fully saturated rings. The molecule has 2 aromatic rings. The zero-order valence-electron chi connectivity index (χ0n) is 15.5. The van der Waals surface area contributed by atoms with Gasteiger partial charge in [0.2, 0.25) is 5.91 Å². The first-order valence-corrected chi connectivity index (χ1v) is 8.46. The van der Waals surface area contributed by atoms with Crippen LogP contribution in [0.3, 0.4) is 0 Å². The van der Waals surface area contributed by atoms with E-state index in [0.29, 0.717) is 24.1 Å². The Labute approximate surface area is 180 Å². The van der Waals surface area contributed by atoms with Gasteiger partial charge in [-0.25, -0.2) is 0 Å². The summed E-state index contributed by atoms with van der Waals surface area (Å²) in [7, 11) is 0. The van der Waals surface area contributed by atoms with E-state index in [-0.39, 0.29) is 44.9 Å². The van der Waals surface area contributed by atoms with Crippen LogP contribution in [-0.2, 0) is 43.9 Å². The molecule has 0 aliphatic heterocycles. The predicted octanol–water partition coefficient (Wildman–Crippen LogP) is 3.71. The fourth-order valence-electron chi connectivity index (χ4n) is 2.41. The average Bonchev–Trinajstić information content (AvgIpc) is 2.61. The molecule has 0 spiro atoms. The maximum Gasteiger partial charge on any atom is 0.245 e. The molecule has 135 valence electrons. The second-order valence-electron chi connectivity index (χ2n) is 6.46. The molecule has 0 bridgehead atoms. The van der Waals surface area contributed by atoms with E-state index in [1.165, 1.54) is 6.92 Å². The van der Waals surface area contributed by atoms with Gasteiger partial charge in [-0.15, -0.1) is 6.07 Å². The molecule has 0 heterocycles. The van der Waals surface area contributed by atoms with Gasteiger partial charge >= 0.3 is 0 Å². The standard InChI is InChI=1S/C21H24NO3.Y/c1-4-19(23)17-9-7-16(8-10-17)13-14-21(3,25)20(24)22-18-11-5-15(2)6-12-18;/h5,7-12,25H,4,13-14H2,1-3H3,(H,22,24);/q-1;/t21-;/m0./s1. The molecule has 0 saturated heterocycles. The summed E-state index contributed by atoms with van der Waals surface area (Å²) in [5.41, 5.74) is 1.77. The van der Waals surface area contributed by atoms with E-state index in [4.69, 9.17) is 0 Å². The van der Waals surface area contributed by atoms with Crippen molar-refractivity contribution in [3.05, 3.63) is 65.2 Å². The van der Waals surface area contributed by atoms with Crippen LogP contribution < -0.4 is 5.32 Å². The minimum Gasteiger partial charge on any atom is -0.380 e. The Balaban J connectivity index is 0.00000338. The summed E-state index contributed by atoms with van der Waals surface area (Å²) in [6.45, 7) is 5.26. The Bertz CT molecular complexity index is 737. The summed E-state index contributed by atoms with van der Waals surface area (Å²) >= 11 is 0. The third-order valence-electron chi connectivity index (χ3n) is 4.21. The van der Waals surface area contributed by atoms with Gasteiger partial charge in [-0.1, -0.05) is 43.8 Å². The van der Waals surface area contributed by atoms with Gasteiger partial charge in [0.25, 0.3) is 0 Å². The number of carbonyl (C=O) groups is 2. The average molecular weight is 427 g/mol. The smallest absolute Gasteiger partial charge is 0.245 e. The maximum absolute atomic E-state index is 12.3. The van der Waals surface area contributed by atoms with Gasteiger partial charge in [0.1, 0.15) is 5.60 Å². The number of ketones is 1.